The van der Waals surface area contributed by atoms with E-state index in [9.17, 15) is 18.0 Å². The fourth-order valence-corrected chi connectivity index (χ4v) is 6.16. The minimum atomic E-state index is -4.20. The lowest BCUT2D eigenvalue weighted by Gasteiger charge is -2.35. The smallest absolute Gasteiger partial charge is 0.264 e. The molecule has 0 unspecified atom stereocenters. The molecule has 1 N–H and O–H groups in total. The molecule has 1 aliphatic rings. The van der Waals surface area contributed by atoms with Crippen molar-refractivity contribution in [2.24, 2.45) is 0 Å². The van der Waals surface area contributed by atoms with Crippen LogP contribution in [0.3, 0.4) is 0 Å². The van der Waals surface area contributed by atoms with Crippen molar-refractivity contribution in [2.75, 3.05) is 31.2 Å². The highest BCUT2D eigenvalue weighted by molar-refractivity contribution is 7.92. The number of anilines is 1. The lowest BCUT2D eigenvalue weighted by atomic mass is 10.1. The normalized spacial score (nSPS) is 13.5. The van der Waals surface area contributed by atoms with Crippen molar-refractivity contribution < 1.29 is 32.2 Å². The van der Waals surface area contributed by atoms with Crippen LogP contribution in [0.25, 0.3) is 0 Å². The van der Waals surface area contributed by atoms with Gasteiger partial charge < -0.3 is 24.4 Å². The predicted octanol–water partition coefficient (Wildman–Crippen LogP) is 4.38. The lowest BCUT2D eigenvalue weighted by Crippen LogP contribution is -2.55. The molecular formula is C32H39N3O7S. The first-order valence-corrected chi connectivity index (χ1v) is 15.6. The summed E-state index contributed by atoms with van der Waals surface area (Å²) < 4.78 is 45.7. The van der Waals surface area contributed by atoms with Crippen molar-refractivity contribution in [1.29, 1.82) is 0 Å². The number of rotatable bonds is 11. The summed E-state index contributed by atoms with van der Waals surface area (Å²) in [5, 5.41) is 2.97. The number of ether oxygens (including phenoxy) is 3. The maximum absolute atomic E-state index is 14.3. The second-order valence-corrected chi connectivity index (χ2v) is 13.0. The molecule has 1 aliphatic heterocycles. The molecule has 0 bridgehead atoms. The number of methoxy groups -OCH3 is 1. The number of amides is 2. The summed E-state index contributed by atoms with van der Waals surface area (Å²) >= 11 is 0. The topological polar surface area (TPSA) is 114 Å². The van der Waals surface area contributed by atoms with Crippen LogP contribution in [0.2, 0.25) is 0 Å². The highest BCUT2D eigenvalue weighted by Gasteiger charge is 2.35. The number of nitrogens with one attached hydrogen (secondary N) is 1. The molecule has 0 aromatic heterocycles. The van der Waals surface area contributed by atoms with Crippen LogP contribution in [0.15, 0.2) is 77.7 Å². The number of hydrogen-bond acceptors (Lipinski definition) is 7. The average Bonchev–Trinajstić information content (AvgIpc) is 2.99. The van der Waals surface area contributed by atoms with E-state index in [-0.39, 0.29) is 23.0 Å². The largest absolute Gasteiger partial charge is 0.497 e. The highest BCUT2D eigenvalue weighted by atomic mass is 32.2. The second kappa shape index (κ2) is 13.4. The third kappa shape index (κ3) is 7.78. The van der Waals surface area contributed by atoms with Crippen LogP contribution in [-0.4, -0.2) is 63.6 Å². The molecule has 4 rings (SSSR count). The Bertz CT molecular complexity index is 1520. The van der Waals surface area contributed by atoms with Crippen LogP contribution in [0, 0.1) is 0 Å². The lowest BCUT2D eigenvalue weighted by molar-refractivity contribution is -0.141. The van der Waals surface area contributed by atoms with Crippen LogP contribution in [0.1, 0.15) is 39.7 Å². The van der Waals surface area contributed by atoms with Gasteiger partial charge in [0.15, 0.2) is 11.5 Å². The maximum Gasteiger partial charge on any atom is 0.264 e. The fourth-order valence-electron chi connectivity index (χ4n) is 4.74. The molecule has 1 heterocycles. The Morgan fingerprint density at radius 3 is 2.21 bits per heavy atom. The van der Waals surface area contributed by atoms with Gasteiger partial charge in [-0.15, -0.1) is 0 Å². The molecule has 0 fully saturated rings. The van der Waals surface area contributed by atoms with Crippen LogP contribution >= 0.6 is 0 Å². The monoisotopic (exact) mass is 609 g/mol. The Kier molecular flexibility index (Phi) is 9.85. The van der Waals surface area contributed by atoms with Crippen molar-refractivity contribution >= 4 is 27.5 Å². The summed E-state index contributed by atoms with van der Waals surface area (Å²) in [6.45, 7) is 7.64. The van der Waals surface area contributed by atoms with Gasteiger partial charge in [-0.3, -0.25) is 13.9 Å². The molecule has 11 heteroatoms. The van der Waals surface area contributed by atoms with E-state index in [0.29, 0.717) is 36.9 Å². The van der Waals surface area contributed by atoms with Crippen LogP contribution in [0.4, 0.5) is 5.69 Å². The number of sulfonamides is 1. The van der Waals surface area contributed by atoms with E-state index >= 15 is 0 Å². The SMILES string of the molecule is CC[C@H](C(=O)NC(C)(C)C)N(Cc1ccc(OC)cc1)C(=O)CN(c1ccc2c(c1)OCCO2)S(=O)(=O)c1ccccc1. The van der Waals surface area contributed by atoms with Crippen LogP contribution in [-0.2, 0) is 26.2 Å². The summed E-state index contributed by atoms with van der Waals surface area (Å²) in [5.74, 6) is 0.660. The molecule has 0 aliphatic carbocycles. The zero-order chi connectivity index (χ0) is 31.2. The molecular weight excluding hydrogens is 570 g/mol. The van der Waals surface area contributed by atoms with Crippen molar-refractivity contribution in [3.63, 3.8) is 0 Å². The van der Waals surface area contributed by atoms with Gasteiger partial charge >= 0.3 is 0 Å². The Morgan fingerprint density at radius 2 is 1.60 bits per heavy atom. The quantitative estimate of drug-likeness (QED) is 0.343. The first kappa shape index (κ1) is 31.7. The Balaban J connectivity index is 1.75. The molecule has 2 amide bonds. The molecule has 0 spiro atoms. The summed E-state index contributed by atoms with van der Waals surface area (Å²) in [5.41, 5.74) is 0.457. The van der Waals surface area contributed by atoms with Gasteiger partial charge in [0.25, 0.3) is 10.0 Å². The van der Waals surface area contributed by atoms with E-state index in [2.05, 4.69) is 5.32 Å². The standard InChI is InChI=1S/C32H39N3O7S/c1-6-27(31(37)33-32(2,3)4)34(21-23-12-15-25(40-5)16-13-23)30(36)22-35(43(38,39)26-10-8-7-9-11-26)24-14-17-28-29(20-24)42-19-18-41-28/h7-17,20,27H,6,18-19,21-22H2,1-5H3,(H,33,37)/t27-/m1/s1. The molecule has 1 atom stereocenters. The second-order valence-electron chi connectivity index (χ2n) is 11.2. The molecule has 3 aromatic carbocycles. The summed E-state index contributed by atoms with van der Waals surface area (Å²) in [6, 6.07) is 19.0. The minimum Gasteiger partial charge on any atom is -0.497 e. The molecule has 230 valence electrons. The highest BCUT2D eigenvalue weighted by Crippen LogP contribution is 2.36. The first-order valence-electron chi connectivity index (χ1n) is 14.1. The third-order valence-electron chi connectivity index (χ3n) is 6.82. The Morgan fingerprint density at radius 1 is 0.953 bits per heavy atom. The van der Waals surface area contributed by atoms with Crippen LogP contribution in [0.5, 0.6) is 17.2 Å². The van der Waals surface area contributed by atoms with Crippen molar-refractivity contribution in [1.82, 2.24) is 10.2 Å². The van der Waals surface area contributed by atoms with E-state index in [0.717, 1.165) is 9.87 Å². The fraction of sp³-hybridized carbons (Fsp3) is 0.375. The number of benzene rings is 3. The van der Waals surface area contributed by atoms with Crippen molar-refractivity contribution in [3.8, 4) is 17.2 Å². The van der Waals surface area contributed by atoms with Gasteiger partial charge in [0.2, 0.25) is 11.8 Å². The molecule has 10 nitrogen and oxygen atoms in total. The zero-order valence-electron chi connectivity index (χ0n) is 25.2. The number of nitrogens with zero attached hydrogens (tertiary/aromatic N) is 2. The number of carbonyl (C=O) groups excluding carboxylic acids is 2. The van der Waals surface area contributed by atoms with E-state index in [1.165, 1.54) is 17.0 Å². The molecule has 0 saturated heterocycles. The van der Waals surface area contributed by atoms with Gasteiger partial charge in [-0.1, -0.05) is 37.3 Å². The van der Waals surface area contributed by atoms with Crippen molar-refractivity contribution in [3.05, 3.63) is 78.4 Å². The first-order chi connectivity index (χ1) is 20.4. The van der Waals surface area contributed by atoms with Gasteiger partial charge in [-0.05, 0) is 69.2 Å². The number of carbonyl (C=O) groups is 2. The predicted molar refractivity (Wildman–Crippen MR) is 164 cm³/mol. The molecule has 0 radical (unpaired) electrons. The number of fused-ring (bicyclic) bond motifs is 1. The van der Waals surface area contributed by atoms with Gasteiger partial charge in [0.1, 0.15) is 31.5 Å². The summed E-state index contributed by atoms with van der Waals surface area (Å²) in [7, 11) is -2.64. The van der Waals surface area contributed by atoms with Gasteiger partial charge in [0.05, 0.1) is 17.7 Å². The van der Waals surface area contributed by atoms with E-state index in [4.69, 9.17) is 14.2 Å². The Hall–Kier alpha value is -4.25. The molecule has 43 heavy (non-hydrogen) atoms. The van der Waals surface area contributed by atoms with Gasteiger partial charge in [-0.2, -0.15) is 0 Å². The van der Waals surface area contributed by atoms with E-state index in [1.807, 2.05) is 39.8 Å². The molecule has 0 saturated carbocycles. The van der Waals surface area contributed by atoms with E-state index < -0.39 is 34.1 Å². The molecule has 3 aromatic rings. The third-order valence-corrected chi connectivity index (χ3v) is 8.61. The zero-order valence-corrected chi connectivity index (χ0v) is 26.0. The van der Waals surface area contributed by atoms with E-state index in [1.54, 1.807) is 55.6 Å². The van der Waals surface area contributed by atoms with Gasteiger partial charge in [-0.25, -0.2) is 8.42 Å². The van der Waals surface area contributed by atoms with Crippen LogP contribution < -0.4 is 23.8 Å². The maximum atomic E-state index is 14.3. The average molecular weight is 610 g/mol. The summed E-state index contributed by atoms with van der Waals surface area (Å²) in [4.78, 5) is 29.2. The minimum absolute atomic E-state index is 0.0249. The van der Waals surface area contributed by atoms with Gasteiger partial charge in [0, 0.05) is 18.2 Å². The number of hydrogen-bond donors (Lipinski definition) is 1. The van der Waals surface area contributed by atoms with Crippen molar-refractivity contribution in [2.45, 2.75) is 57.1 Å². The Labute approximate surface area is 253 Å². The summed E-state index contributed by atoms with van der Waals surface area (Å²) in [6.07, 6.45) is 0.319.